The molecule has 1 rings (SSSR count). The van der Waals surface area contributed by atoms with Crippen LogP contribution in [0.1, 0.15) is 0 Å². The summed E-state index contributed by atoms with van der Waals surface area (Å²) < 4.78 is 12.2. The summed E-state index contributed by atoms with van der Waals surface area (Å²) >= 11 is -1.44. The van der Waals surface area contributed by atoms with E-state index in [0.717, 1.165) is 0 Å². The summed E-state index contributed by atoms with van der Waals surface area (Å²) in [5.74, 6) is 0. The fourth-order valence-corrected chi connectivity index (χ4v) is 0.914. The Morgan fingerprint density at radius 3 is 2.78 bits per heavy atom. The SMILES string of the molecule is Cn1cnc([S+](N)[O-])c1. The quantitative estimate of drug-likeness (QED) is 0.537. The largest absolute Gasteiger partial charge is 0.592 e. The number of hydrogen-bond donors (Lipinski definition) is 1. The third-order valence-corrected chi connectivity index (χ3v) is 1.51. The second-order valence-corrected chi connectivity index (χ2v) is 2.69. The molecule has 0 fully saturated rings. The molecule has 0 spiro atoms. The van der Waals surface area contributed by atoms with E-state index in [1.54, 1.807) is 24.1 Å². The summed E-state index contributed by atoms with van der Waals surface area (Å²) in [6.45, 7) is 0. The minimum atomic E-state index is -1.44. The number of nitrogens with zero attached hydrogens (tertiary/aromatic N) is 2. The van der Waals surface area contributed by atoms with Crippen LogP contribution in [0.15, 0.2) is 17.6 Å². The lowest BCUT2D eigenvalue weighted by Gasteiger charge is -1.94. The van der Waals surface area contributed by atoms with Gasteiger partial charge in [-0.1, -0.05) is 0 Å². The third-order valence-electron chi connectivity index (χ3n) is 0.887. The van der Waals surface area contributed by atoms with Gasteiger partial charge in [0.15, 0.2) is 0 Å². The van der Waals surface area contributed by atoms with Crippen molar-refractivity contribution >= 4 is 11.4 Å². The summed E-state index contributed by atoms with van der Waals surface area (Å²) in [5.41, 5.74) is 0. The Balaban J connectivity index is 2.85. The van der Waals surface area contributed by atoms with Crippen molar-refractivity contribution in [2.45, 2.75) is 5.03 Å². The molecule has 50 valence electrons. The first-order chi connectivity index (χ1) is 4.20. The molecule has 0 aromatic carbocycles. The normalized spacial score (nSPS) is 13.7. The molecule has 1 aromatic heterocycles. The van der Waals surface area contributed by atoms with Gasteiger partial charge in [0.2, 0.25) is 0 Å². The van der Waals surface area contributed by atoms with Crippen LogP contribution in [0.5, 0.6) is 0 Å². The summed E-state index contributed by atoms with van der Waals surface area (Å²) in [5, 5.41) is 5.44. The molecule has 0 saturated carbocycles. The highest BCUT2D eigenvalue weighted by Crippen LogP contribution is 1.99. The molecule has 1 aromatic rings. The topological polar surface area (TPSA) is 66.9 Å². The van der Waals surface area contributed by atoms with E-state index in [1.165, 1.54) is 0 Å². The van der Waals surface area contributed by atoms with Crippen LogP contribution in [0, 0.1) is 0 Å². The van der Waals surface area contributed by atoms with Crippen molar-refractivity contribution in [3.63, 3.8) is 0 Å². The number of nitrogens with two attached hydrogens (primary N) is 1. The molecule has 0 radical (unpaired) electrons. The van der Waals surface area contributed by atoms with Gasteiger partial charge in [-0.25, -0.2) is 0 Å². The number of aromatic nitrogens is 2. The Bertz CT molecular complexity index is 197. The number of aryl methyl sites for hydroxylation is 1. The van der Waals surface area contributed by atoms with E-state index in [0.29, 0.717) is 5.03 Å². The molecule has 0 aliphatic carbocycles. The predicted octanol–water partition coefficient (Wildman–Crippen LogP) is -0.599. The summed E-state index contributed by atoms with van der Waals surface area (Å²) in [7, 11) is 1.80. The Hall–Kier alpha value is -0.520. The molecule has 1 unspecified atom stereocenters. The van der Waals surface area contributed by atoms with Crippen LogP contribution >= 0.6 is 0 Å². The van der Waals surface area contributed by atoms with E-state index in [-0.39, 0.29) is 0 Å². The fraction of sp³-hybridized carbons (Fsp3) is 0.250. The lowest BCUT2D eigenvalue weighted by Crippen LogP contribution is -2.12. The Morgan fingerprint density at radius 1 is 1.89 bits per heavy atom. The zero-order valence-corrected chi connectivity index (χ0v) is 5.76. The van der Waals surface area contributed by atoms with Gasteiger partial charge in [0.05, 0.1) is 23.9 Å². The maximum absolute atomic E-state index is 10.5. The number of imidazole rings is 1. The van der Waals surface area contributed by atoms with Crippen molar-refractivity contribution < 1.29 is 4.55 Å². The molecule has 0 amide bonds. The number of rotatable bonds is 1. The minimum absolute atomic E-state index is 0.414. The van der Waals surface area contributed by atoms with Crippen molar-refractivity contribution in [3.05, 3.63) is 12.5 Å². The molecule has 5 heteroatoms. The van der Waals surface area contributed by atoms with Crippen LogP contribution in [-0.2, 0) is 18.4 Å². The molecule has 1 heterocycles. The van der Waals surface area contributed by atoms with E-state index in [2.05, 4.69) is 4.98 Å². The van der Waals surface area contributed by atoms with Crippen molar-refractivity contribution in [1.29, 1.82) is 0 Å². The van der Waals surface area contributed by atoms with Crippen molar-refractivity contribution in [1.82, 2.24) is 9.55 Å². The van der Waals surface area contributed by atoms with Crippen molar-refractivity contribution in [2.75, 3.05) is 0 Å². The second kappa shape index (κ2) is 2.38. The summed E-state index contributed by atoms with van der Waals surface area (Å²) in [6.07, 6.45) is 3.18. The Morgan fingerprint density at radius 2 is 2.56 bits per heavy atom. The Kier molecular flexibility index (Phi) is 1.75. The lowest BCUT2D eigenvalue weighted by molar-refractivity contribution is 0.593. The van der Waals surface area contributed by atoms with Gasteiger partial charge in [0.25, 0.3) is 5.03 Å². The van der Waals surface area contributed by atoms with E-state index in [1.807, 2.05) is 0 Å². The van der Waals surface area contributed by atoms with E-state index in [9.17, 15) is 4.55 Å². The van der Waals surface area contributed by atoms with E-state index in [4.69, 9.17) is 5.14 Å². The Labute approximate surface area is 56.0 Å². The molecule has 4 nitrogen and oxygen atoms in total. The standard InChI is InChI=1S/C4H7N3OS/c1-7-2-4(6-3-7)9(5)8/h2-3H,5H2,1H3. The van der Waals surface area contributed by atoms with Crippen LogP contribution in [-0.4, -0.2) is 14.1 Å². The smallest absolute Gasteiger partial charge is 0.283 e. The van der Waals surface area contributed by atoms with Gasteiger partial charge in [0, 0.05) is 7.05 Å². The maximum Gasteiger partial charge on any atom is 0.283 e. The zero-order valence-electron chi connectivity index (χ0n) is 4.94. The highest BCUT2D eigenvalue weighted by molar-refractivity contribution is 7.89. The van der Waals surface area contributed by atoms with Crippen LogP contribution in [0.25, 0.3) is 0 Å². The maximum atomic E-state index is 10.5. The van der Waals surface area contributed by atoms with Gasteiger partial charge in [-0.2, -0.15) is 4.98 Å². The first-order valence-electron chi connectivity index (χ1n) is 2.34. The van der Waals surface area contributed by atoms with Crippen molar-refractivity contribution in [2.24, 2.45) is 12.2 Å². The van der Waals surface area contributed by atoms with Crippen LogP contribution in [0.4, 0.5) is 0 Å². The molecule has 0 aliphatic heterocycles. The highest BCUT2D eigenvalue weighted by Gasteiger charge is 2.06. The predicted molar refractivity (Wildman–Crippen MR) is 33.8 cm³/mol. The van der Waals surface area contributed by atoms with Gasteiger partial charge >= 0.3 is 0 Å². The van der Waals surface area contributed by atoms with Gasteiger partial charge in [-0.05, 0) is 0 Å². The molecular weight excluding hydrogens is 138 g/mol. The fourth-order valence-electron chi connectivity index (χ4n) is 0.493. The first-order valence-corrected chi connectivity index (χ1v) is 3.55. The highest BCUT2D eigenvalue weighted by atomic mass is 32.2. The van der Waals surface area contributed by atoms with Gasteiger partial charge < -0.3 is 9.12 Å². The van der Waals surface area contributed by atoms with Crippen LogP contribution in [0.3, 0.4) is 0 Å². The van der Waals surface area contributed by atoms with Gasteiger partial charge in [-0.15, -0.1) is 5.14 Å². The number of hydrogen-bond acceptors (Lipinski definition) is 3. The van der Waals surface area contributed by atoms with Gasteiger partial charge in [0.1, 0.15) is 0 Å². The zero-order chi connectivity index (χ0) is 6.85. The third kappa shape index (κ3) is 1.44. The minimum Gasteiger partial charge on any atom is -0.592 e. The summed E-state index contributed by atoms with van der Waals surface area (Å²) in [4.78, 5) is 3.75. The molecular formula is C4H7N3OS. The van der Waals surface area contributed by atoms with Crippen molar-refractivity contribution in [3.8, 4) is 0 Å². The molecule has 0 saturated heterocycles. The van der Waals surface area contributed by atoms with E-state index < -0.39 is 11.4 Å². The summed E-state index contributed by atoms with van der Waals surface area (Å²) in [6, 6.07) is 0. The average Bonchev–Trinajstić information content (AvgIpc) is 2.14. The van der Waals surface area contributed by atoms with Crippen LogP contribution in [0.2, 0.25) is 0 Å². The van der Waals surface area contributed by atoms with Crippen LogP contribution < -0.4 is 5.14 Å². The molecule has 0 aliphatic rings. The lowest BCUT2D eigenvalue weighted by atomic mass is 10.9. The average molecular weight is 145 g/mol. The second-order valence-electron chi connectivity index (χ2n) is 1.67. The molecule has 0 bridgehead atoms. The van der Waals surface area contributed by atoms with Gasteiger partial charge in [-0.3, -0.25) is 0 Å². The van der Waals surface area contributed by atoms with E-state index >= 15 is 0 Å². The molecule has 1 atom stereocenters. The first kappa shape index (κ1) is 6.60. The molecule has 2 N–H and O–H groups in total. The monoisotopic (exact) mass is 145 g/mol. The molecule has 9 heavy (non-hydrogen) atoms.